The standard InChI is InChI=1S/C28H35N5O6S2/c1-16-21(27-22-8-17(13-33(2)3)4-5-18(22)6-7-38-27)11-25(40-16)26(35)23-12-30-15-31-28(23)32-20-9-19(24(34)10-20)14-39-41(29,36)37/h4-5,8,11-12,15,19-20,24,27,34H,6-7,9-10,13-14H2,1-3H3,(H2,29,36,37)(H,30,31,32)/t19-,20-,24+,27?/m1/s1. The van der Waals surface area contributed by atoms with Crippen LogP contribution in [-0.4, -0.2) is 73.6 Å². The normalized spacial score (nSPS) is 22.6. The third kappa shape index (κ3) is 7.00. The highest BCUT2D eigenvalue weighted by Gasteiger charge is 2.35. The van der Waals surface area contributed by atoms with Crippen LogP contribution >= 0.6 is 11.3 Å². The number of fused-ring (bicyclic) bond motifs is 1. The largest absolute Gasteiger partial charge is 0.393 e. The Hall–Kier alpha value is -2.78. The van der Waals surface area contributed by atoms with Gasteiger partial charge in [0.15, 0.2) is 0 Å². The second kappa shape index (κ2) is 12.2. The molecule has 11 nitrogen and oxygen atoms in total. The van der Waals surface area contributed by atoms with Crippen molar-refractivity contribution in [2.75, 3.05) is 32.6 Å². The summed E-state index contributed by atoms with van der Waals surface area (Å²) in [6.07, 6.45) is 3.42. The lowest BCUT2D eigenvalue weighted by Crippen LogP contribution is -2.24. The molecule has 1 aromatic carbocycles. The Kier molecular flexibility index (Phi) is 8.85. The van der Waals surface area contributed by atoms with Crippen LogP contribution in [-0.2, 0) is 32.2 Å². The first-order valence-corrected chi connectivity index (χ1v) is 15.7. The SMILES string of the molecule is Cc1sc(C(=O)c2cncnc2N[C@@H]2C[C@H](COS(N)(=O)=O)[C@@H](O)C2)cc1C1OCCc2ccc(CN(C)C)cc21. The Bertz CT molecular complexity index is 1530. The van der Waals surface area contributed by atoms with E-state index in [1.165, 1.54) is 35.0 Å². The van der Waals surface area contributed by atoms with Crippen LogP contribution in [0.5, 0.6) is 0 Å². The lowest BCUT2D eigenvalue weighted by molar-refractivity contribution is 0.0696. The van der Waals surface area contributed by atoms with Crippen LogP contribution in [0.25, 0.3) is 0 Å². The van der Waals surface area contributed by atoms with Crippen LogP contribution in [0.15, 0.2) is 36.8 Å². The summed E-state index contributed by atoms with van der Waals surface area (Å²) in [7, 11) is -0.0149. The zero-order valence-electron chi connectivity index (χ0n) is 23.2. The Labute approximate surface area is 244 Å². The van der Waals surface area contributed by atoms with Gasteiger partial charge in [0.1, 0.15) is 18.2 Å². The number of ether oxygens (including phenoxy) is 1. The molecule has 3 heterocycles. The number of hydrogen-bond donors (Lipinski definition) is 3. The maximum atomic E-state index is 13.7. The quantitative estimate of drug-likeness (QED) is 0.295. The van der Waals surface area contributed by atoms with Crippen molar-refractivity contribution >= 4 is 33.2 Å². The third-order valence-corrected chi connectivity index (χ3v) is 9.04. The highest BCUT2D eigenvalue weighted by atomic mass is 32.2. The van der Waals surface area contributed by atoms with Gasteiger partial charge in [0.2, 0.25) is 5.78 Å². The van der Waals surface area contributed by atoms with E-state index in [9.17, 15) is 18.3 Å². The highest BCUT2D eigenvalue weighted by Crippen LogP contribution is 2.39. The van der Waals surface area contributed by atoms with E-state index in [1.54, 1.807) is 0 Å². The number of nitrogens with one attached hydrogen (secondary N) is 1. The first-order valence-electron chi connectivity index (χ1n) is 13.4. The zero-order chi connectivity index (χ0) is 29.3. The van der Waals surface area contributed by atoms with Crippen molar-refractivity contribution in [3.8, 4) is 0 Å². The Morgan fingerprint density at radius 2 is 2.07 bits per heavy atom. The molecule has 13 heteroatoms. The number of aliphatic hydroxyl groups excluding tert-OH is 1. The molecule has 2 aromatic heterocycles. The Morgan fingerprint density at radius 1 is 1.27 bits per heavy atom. The number of nitrogens with zero attached hydrogens (tertiary/aromatic N) is 3. The molecule has 0 amide bonds. The maximum Gasteiger partial charge on any atom is 0.333 e. The lowest BCUT2D eigenvalue weighted by Gasteiger charge is -2.27. The molecule has 0 radical (unpaired) electrons. The molecule has 1 fully saturated rings. The van der Waals surface area contributed by atoms with E-state index in [1.807, 2.05) is 27.1 Å². The molecule has 4 atom stereocenters. The van der Waals surface area contributed by atoms with Gasteiger partial charge in [-0.3, -0.25) is 8.98 Å². The molecule has 3 aromatic rings. The van der Waals surface area contributed by atoms with Gasteiger partial charge in [0.05, 0.1) is 29.8 Å². The van der Waals surface area contributed by atoms with E-state index < -0.39 is 22.3 Å². The summed E-state index contributed by atoms with van der Waals surface area (Å²) in [6.45, 7) is 3.23. The van der Waals surface area contributed by atoms with Crippen LogP contribution in [0.4, 0.5) is 5.82 Å². The summed E-state index contributed by atoms with van der Waals surface area (Å²) in [6, 6.07) is 8.23. The average Bonchev–Trinajstić information content (AvgIpc) is 3.47. The van der Waals surface area contributed by atoms with Gasteiger partial charge >= 0.3 is 10.3 Å². The van der Waals surface area contributed by atoms with Gasteiger partial charge in [0, 0.05) is 29.6 Å². The molecule has 1 aliphatic carbocycles. The molecule has 1 saturated carbocycles. The second-order valence-corrected chi connectivity index (χ2v) is 13.4. The summed E-state index contributed by atoms with van der Waals surface area (Å²) < 4.78 is 33.3. The monoisotopic (exact) mass is 601 g/mol. The van der Waals surface area contributed by atoms with Gasteiger partial charge in [-0.15, -0.1) is 11.3 Å². The fourth-order valence-electron chi connectivity index (χ4n) is 5.60. The Balaban J connectivity index is 1.35. The van der Waals surface area contributed by atoms with Crippen molar-refractivity contribution in [2.24, 2.45) is 11.1 Å². The summed E-state index contributed by atoms with van der Waals surface area (Å²) in [5, 5.41) is 18.6. The van der Waals surface area contributed by atoms with Crippen LogP contribution in [0.1, 0.15) is 61.3 Å². The van der Waals surface area contributed by atoms with Crippen molar-refractivity contribution < 1.29 is 27.2 Å². The number of aryl methyl sites for hydroxylation is 1. The van der Waals surface area contributed by atoms with Crippen molar-refractivity contribution in [1.29, 1.82) is 0 Å². The summed E-state index contributed by atoms with van der Waals surface area (Å²) >= 11 is 1.42. The molecule has 5 rings (SSSR count). The van der Waals surface area contributed by atoms with E-state index in [0.717, 1.165) is 29.0 Å². The molecule has 0 bridgehead atoms. The number of nitrogens with two attached hydrogens (primary N) is 1. The highest BCUT2D eigenvalue weighted by molar-refractivity contribution is 7.84. The number of benzene rings is 1. The molecule has 1 aliphatic heterocycles. The summed E-state index contributed by atoms with van der Waals surface area (Å²) in [5.41, 5.74) is 4.90. The minimum absolute atomic E-state index is 0.211. The smallest absolute Gasteiger partial charge is 0.333 e. The van der Waals surface area contributed by atoms with Gasteiger partial charge in [0.25, 0.3) is 0 Å². The molecular weight excluding hydrogens is 566 g/mol. The molecule has 0 spiro atoms. The molecular formula is C28H35N5O6S2. The zero-order valence-corrected chi connectivity index (χ0v) is 24.9. The molecule has 0 saturated heterocycles. The van der Waals surface area contributed by atoms with E-state index >= 15 is 0 Å². The Morgan fingerprint density at radius 3 is 2.83 bits per heavy atom. The first-order chi connectivity index (χ1) is 19.5. The number of aliphatic hydroxyl groups is 1. The van der Waals surface area contributed by atoms with Gasteiger partial charge in [-0.05, 0) is 68.6 Å². The number of carbonyl (C=O) groups is 1. The number of thiophene rings is 1. The number of anilines is 1. The van der Waals surface area contributed by atoms with E-state index in [4.69, 9.17) is 9.88 Å². The molecule has 41 heavy (non-hydrogen) atoms. The van der Waals surface area contributed by atoms with E-state index in [2.05, 4.69) is 42.6 Å². The fraction of sp³-hybridized carbons (Fsp3) is 0.464. The second-order valence-electron chi connectivity index (χ2n) is 10.9. The van der Waals surface area contributed by atoms with Crippen molar-refractivity contribution in [2.45, 2.75) is 51.0 Å². The topological polar surface area (TPSA) is 157 Å². The summed E-state index contributed by atoms with van der Waals surface area (Å²) in [4.78, 5) is 25.8. The van der Waals surface area contributed by atoms with Gasteiger partial charge in [-0.2, -0.15) is 8.42 Å². The summed E-state index contributed by atoms with van der Waals surface area (Å²) in [5.74, 6) is -0.279. The first kappa shape index (κ1) is 29.7. The number of carbonyl (C=O) groups excluding carboxylic acids is 1. The van der Waals surface area contributed by atoms with Crippen LogP contribution in [0, 0.1) is 12.8 Å². The average molecular weight is 602 g/mol. The number of aromatic nitrogens is 2. The van der Waals surface area contributed by atoms with Crippen LogP contribution < -0.4 is 10.5 Å². The van der Waals surface area contributed by atoms with Crippen molar-refractivity contribution in [3.63, 3.8) is 0 Å². The fourth-order valence-corrected chi connectivity index (χ4v) is 6.97. The predicted molar refractivity (Wildman–Crippen MR) is 155 cm³/mol. The minimum Gasteiger partial charge on any atom is -0.393 e. The molecule has 1 unspecified atom stereocenters. The molecule has 2 aliphatic rings. The predicted octanol–water partition coefficient (Wildman–Crippen LogP) is 2.57. The lowest BCUT2D eigenvalue weighted by atomic mass is 9.91. The van der Waals surface area contributed by atoms with Crippen molar-refractivity contribution in [1.82, 2.24) is 14.9 Å². The van der Waals surface area contributed by atoms with Crippen molar-refractivity contribution in [3.05, 3.63) is 74.4 Å². The minimum atomic E-state index is -4.10. The molecule has 220 valence electrons. The van der Waals surface area contributed by atoms with Crippen LogP contribution in [0.3, 0.4) is 0 Å². The van der Waals surface area contributed by atoms with Gasteiger partial charge < -0.3 is 20.1 Å². The van der Waals surface area contributed by atoms with Gasteiger partial charge in [-0.25, -0.2) is 15.1 Å². The number of ketones is 1. The number of hydrogen-bond acceptors (Lipinski definition) is 11. The molecule has 4 N–H and O–H groups in total. The van der Waals surface area contributed by atoms with Gasteiger partial charge in [-0.1, -0.05) is 18.2 Å². The maximum absolute atomic E-state index is 13.7. The van der Waals surface area contributed by atoms with Crippen LogP contribution in [0.2, 0.25) is 0 Å². The third-order valence-electron chi connectivity index (χ3n) is 7.51. The number of rotatable bonds is 10. The van der Waals surface area contributed by atoms with E-state index in [-0.39, 0.29) is 24.5 Å². The van der Waals surface area contributed by atoms with E-state index in [0.29, 0.717) is 35.7 Å².